The lowest BCUT2D eigenvalue weighted by molar-refractivity contribution is -0.219. The molecule has 0 saturated carbocycles. The van der Waals surface area contributed by atoms with Crippen LogP contribution in [-0.4, -0.2) is 12.1 Å². The Kier molecular flexibility index (Phi) is 6.94. The summed E-state index contributed by atoms with van der Waals surface area (Å²) >= 11 is 18.0. The fraction of sp³-hybridized carbons (Fsp3) is 0.130. The van der Waals surface area contributed by atoms with Crippen LogP contribution in [0.2, 0.25) is 15.1 Å². The molecular weight excluding hydrogens is 503 g/mol. The second-order valence-electron chi connectivity index (χ2n) is 7.07. The van der Waals surface area contributed by atoms with Crippen molar-refractivity contribution in [3.8, 4) is 6.07 Å². The quantitative estimate of drug-likeness (QED) is 0.360. The number of nitrogens with one attached hydrogen (secondary N) is 1. The summed E-state index contributed by atoms with van der Waals surface area (Å²) in [7, 11) is 0. The topological polar surface area (TPSA) is 52.9 Å². The molecule has 10 heteroatoms. The molecule has 1 amide bonds. The zero-order valence-corrected chi connectivity index (χ0v) is 19.0. The number of alkyl halides is 4. The zero-order chi connectivity index (χ0) is 24.6. The molecule has 0 fully saturated rings. The van der Waals surface area contributed by atoms with Gasteiger partial charge in [-0.3, -0.25) is 4.79 Å². The molecule has 0 bridgehead atoms. The van der Waals surface area contributed by atoms with E-state index in [4.69, 9.17) is 40.1 Å². The third kappa shape index (κ3) is 4.79. The summed E-state index contributed by atoms with van der Waals surface area (Å²) in [5, 5.41) is 10.8. The first-order valence-corrected chi connectivity index (χ1v) is 10.3. The van der Waals surface area contributed by atoms with Crippen LogP contribution in [0.4, 0.5) is 23.2 Å². The van der Waals surface area contributed by atoms with Crippen LogP contribution < -0.4 is 5.32 Å². The highest BCUT2D eigenvalue weighted by Gasteiger charge is 2.58. The van der Waals surface area contributed by atoms with Crippen LogP contribution in [0.15, 0.2) is 54.6 Å². The first kappa shape index (κ1) is 24.8. The van der Waals surface area contributed by atoms with E-state index in [9.17, 15) is 18.0 Å². The Morgan fingerprint density at radius 1 is 0.909 bits per heavy atom. The Labute approximate surface area is 201 Å². The second-order valence-corrected chi connectivity index (χ2v) is 8.32. The summed E-state index contributed by atoms with van der Waals surface area (Å²) in [5.74, 6) is -0.667. The van der Waals surface area contributed by atoms with Crippen LogP contribution in [0.1, 0.15) is 32.6 Å². The monoisotopic (exact) mass is 514 g/mol. The molecule has 1 unspecified atom stereocenters. The van der Waals surface area contributed by atoms with E-state index in [0.717, 1.165) is 36.4 Å². The number of carbonyl (C=O) groups is 1. The molecule has 0 radical (unpaired) electrons. The van der Waals surface area contributed by atoms with Gasteiger partial charge in [0.15, 0.2) is 0 Å². The largest absolute Gasteiger partial charge is 0.431 e. The van der Waals surface area contributed by atoms with Crippen molar-refractivity contribution < 1.29 is 22.4 Å². The number of benzene rings is 3. The molecular formula is C23H13Cl3F4N2O. The minimum absolute atomic E-state index is 0.135. The van der Waals surface area contributed by atoms with E-state index in [1.807, 2.05) is 6.07 Å². The maximum Gasteiger partial charge on any atom is 0.431 e. The van der Waals surface area contributed by atoms with E-state index in [1.54, 1.807) is 6.92 Å². The molecule has 33 heavy (non-hydrogen) atoms. The van der Waals surface area contributed by atoms with E-state index in [1.165, 1.54) is 18.2 Å². The number of nitrogens with zero attached hydrogens (tertiary/aromatic N) is 1. The minimum Gasteiger partial charge on any atom is -0.319 e. The molecule has 0 aliphatic heterocycles. The van der Waals surface area contributed by atoms with Gasteiger partial charge in [0, 0.05) is 21.7 Å². The minimum atomic E-state index is -5.35. The summed E-state index contributed by atoms with van der Waals surface area (Å²) in [6, 6.07) is 11.9. The Hall–Kier alpha value is -2.79. The van der Waals surface area contributed by atoms with E-state index in [-0.39, 0.29) is 16.3 Å². The molecule has 0 spiro atoms. The highest BCUT2D eigenvalue weighted by atomic mass is 35.5. The highest BCUT2D eigenvalue weighted by Crippen LogP contribution is 2.50. The van der Waals surface area contributed by atoms with Gasteiger partial charge in [0.25, 0.3) is 11.6 Å². The number of aryl methyl sites for hydroxylation is 1. The number of halogens is 7. The Morgan fingerprint density at radius 3 is 1.97 bits per heavy atom. The summed E-state index contributed by atoms with van der Waals surface area (Å²) in [5.41, 5.74) is -4.60. The van der Waals surface area contributed by atoms with E-state index in [0.29, 0.717) is 11.1 Å². The van der Waals surface area contributed by atoms with Crippen molar-refractivity contribution in [1.82, 2.24) is 0 Å². The Morgan fingerprint density at radius 2 is 1.48 bits per heavy atom. The van der Waals surface area contributed by atoms with Gasteiger partial charge in [-0.15, -0.1) is 0 Å². The lowest BCUT2D eigenvalue weighted by atomic mass is 9.87. The molecule has 1 atom stereocenters. The molecule has 0 saturated heterocycles. The van der Waals surface area contributed by atoms with Gasteiger partial charge in [-0.05, 0) is 55.0 Å². The van der Waals surface area contributed by atoms with Crippen molar-refractivity contribution >= 4 is 46.4 Å². The summed E-state index contributed by atoms with van der Waals surface area (Å²) in [6.07, 6.45) is -5.35. The van der Waals surface area contributed by atoms with Gasteiger partial charge in [0.1, 0.15) is 0 Å². The number of hydrogen-bond donors (Lipinski definition) is 1. The van der Waals surface area contributed by atoms with Gasteiger partial charge in [-0.2, -0.15) is 18.4 Å². The predicted molar refractivity (Wildman–Crippen MR) is 120 cm³/mol. The van der Waals surface area contributed by atoms with Crippen LogP contribution in [0.25, 0.3) is 0 Å². The fourth-order valence-electron chi connectivity index (χ4n) is 3.18. The molecule has 0 aromatic heterocycles. The van der Waals surface area contributed by atoms with Crippen molar-refractivity contribution in [2.45, 2.75) is 18.8 Å². The number of rotatable bonds is 4. The predicted octanol–water partition coefficient (Wildman–Crippen LogP) is 7.85. The number of nitriles is 1. The number of hydrogen-bond acceptors (Lipinski definition) is 2. The molecule has 170 valence electrons. The third-order valence-corrected chi connectivity index (χ3v) is 5.77. The summed E-state index contributed by atoms with van der Waals surface area (Å²) in [4.78, 5) is 12.6. The SMILES string of the molecule is Cc1cc(C(=O)Nc2c(Cl)cc(C(F)(c3ccc(Cl)cc3)C(F)(F)F)cc2Cl)ccc1C#N. The van der Waals surface area contributed by atoms with Gasteiger partial charge in [-0.25, -0.2) is 4.39 Å². The van der Waals surface area contributed by atoms with Crippen molar-refractivity contribution in [2.75, 3.05) is 5.32 Å². The van der Waals surface area contributed by atoms with Crippen LogP contribution >= 0.6 is 34.8 Å². The molecule has 3 rings (SSSR count). The van der Waals surface area contributed by atoms with Crippen LogP contribution in [0.3, 0.4) is 0 Å². The van der Waals surface area contributed by atoms with Crippen LogP contribution in [-0.2, 0) is 5.67 Å². The smallest absolute Gasteiger partial charge is 0.319 e. The first-order valence-electron chi connectivity index (χ1n) is 9.21. The van der Waals surface area contributed by atoms with Gasteiger partial charge >= 0.3 is 6.18 Å². The van der Waals surface area contributed by atoms with E-state index < -0.39 is 38.9 Å². The fourth-order valence-corrected chi connectivity index (χ4v) is 3.89. The summed E-state index contributed by atoms with van der Waals surface area (Å²) < 4.78 is 57.3. The molecule has 3 nitrogen and oxygen atoms in total. The maximum absolute atomic E-state index is 15.6. The Bertz CT molecular complexity index is 1250. The lowest BCUT2D eigenvalue weighted by Gasteiger charge is -2.29. The van der Waals surface area contributed by atoms with Gasteiger partial charge in [0.2, 0.25) is 0 Å². The van der Waals surface area contributed by atoms with Crippen LogP contribution in [0.5, 0.6) is 0 Å². The average Bonchev–Trinajstić information content (AvgIpc) is 2.75. The molecule has 0 aliphatic carbocycles. The Balaban J connectivity index is 2.02. The number of carbonyl (C=O) groups excluding carboxylic acids is 1. The first-order chi connectivity index (χ1) is 15.4. The second kappa shape index (κ2) is 9.22. The average molecular weight is 516 g/mol. The zero-order valence-electron chi connectivity index (χ0n) is 16.7. The molecule has 0 heterocycles. The van der Waals surface area contributed by atoms with E-state index >= 15 is 4.39 Å². The standard InChI is InChI=1S/C23H13Cl3F4N2O/c1-12-8-13(2-3-14(12)11-31)21(33)32-20-18(25)9-16(10-19(20)26)22(27,23(28,29)30)15-4-6-17(24)7-5-15/h2-10H,1H3,(H,32,33). The number of amides is 1. The normalized spacial score (nSPS) is 13.2. The van der Waals surface area contributed by atoms with Gasteiger partial charge in [0.05, 0.1) is 27.4 Å². The number of anilines is 1. The van der Waals surface area contributed by atoms with Crippen molar-refractivity contribution in [2.24, 2.45) is 0 Å². The molecule has 0 aliphatic rings. The molecule has 3 aromatic rings. The molecule has 1 N–H and O–H groups in total. The maximum atomic E-state index is 15.6. The summed E-state index contributed by atoms with van der Waals surface area (Å²) in [6.45, 7) is 1.64. The van der Waals surface area contributed by atoms with Crippen LogP contribution in [0, 0.1) is 18.3 Å². The highest BCUT2D eigenvalue weighted by molar-refractivity contribution is 6.40. The van der Waals surface area contributed by atoms with Gasteiger partial charge in [-0.1, -0.05) is 46.9 Å². The molecule has 3 aromatic carbocycles. The van der Waals surface area contributed by atoms with Crippen molar-refractivity contribution in [3.05, 3.63) is 97.5 Å². The lowest BCUT2D eigenvalue weighted by Crippen LogP contribution is -2.39. The van der Waals surface area contributed by atoms with Gasteiger partial charge < -0.3 is 5.32 Å². The third-order valence-electron chi connectivity index (χ3n) is 4.92. The van der Waals surface area contributed by atoms with E-state index in [2.05, 4.69) is 5.32 Å². The van der Waals surface area contributed by atoms with Crippen molar-refractivity contribution in [3.63, 3.8) is 0 Å². The van der Waals surface area contributed by atoms with Crippen molar-refractivity contribution in [1.29, 1.82) is 5.26 Å².